The second-order valence-corrected chi connectivity index (χ2v) is 8.68. The Labute approximate surface area is 197 Å². The maximum absolute atomic E-state index is 13.1. The summed E-state index contributed by atoms with van der Waals surface area (Å²) in [7, 11) is 0. The number of nitrogens with zero attached hydrogens (tertiary/aromatic N) is 4. The molecule has 7 nitrogen and oxygen atoms in total. The van der Waals surface area contributed by atoms with Gasteiger partial charge in [-0.05, 0) is 43.7 Å². The molecule has 170 valence electrons. The van der Waals surface area contributed by atoms with E-state index in [0.717, 1.165) is 33.5 Å². The van der Waals surface area contributed by atoms with Gasteiger partial charge < -0.3 is 19.3 Å². The number of rotatable bonds is 4. The van der Waals surface area contributed by atoms with Crippen molar-refractivity contribution in [2.24, 2.45) is 0 Å². The van der Waals surface area contributed by atoms with Crippen molar-refractivity contribution in [2.45, 2.75) is 20.3 Å². The molecule has 0 radical (unpaired) electrons. The van der Waals surface area contributed by atoms with Gasteiger partial charge in [0.1, 0.15) is 11.6 Å². The minimum atomic E-state index is -0.000658. The van der Waals surface area contributed by atoms with E-state index in [1.807, 2.05) is 43.0 Å². The van der Waals surface area contributed by atoms with Crippen LogP contribution in [0, 0.1) is 13.8 Å². The van der Waals surface area contributed by atoms with E-state index in [1.165, 1.54) is 0 Å². The normalized spacial score (nSPS) is 15.1. The van der Waals surface area contributed by atoms with Gasteiger partial charge in [0, 0.05) is 54.4 Å². The molecule has 1 aromatic heterocycles. The van der Waals surface area contributed by atoms with Crippen LogP contribution < -0.4 is 14.4 Å². The Morgan fingerprint density at radius 1 is 1.00 bits per heavy atom. The van der Waals surface area contributed by atoms with Crippen molar-refractivity contribution in [3.8, 4) is 11.5 Å². The number of halogens is 1. The second-order valence-electron chi connectivity index (χ2n) is 8.27. The predicted molar refractivity (Wildman–Crippen MR) is 126 cm³/mol. The minimum absolute atomic E-state index is 0.000658. The number of anilines is 1. The van der Waals surface area contributed by atoms with Gasteiger partial charge in [-0.2, -0.15) is 0 Å². The minimum Gasteiger partial charge on any atom is -0.454 e. The zero-order valence-corrected chi connectivity index (χ0v) is 19.4. The molecule has 0 bridgehead atoms. The number of amides is 1. The fraction of sp³-hybridized carbons (Fsp3) is 0.320. The number of carbonyl (C=O) groups excluding carboxylic acids is 1. The van der Waals surface area contributed by atoms with Crippen LogP contribution >= 0.6 is 11.6 Å². The number of hydrogen-bond donors (Lipinski definition) is 0. The van der Waals surface area contributed by atoms with E-state index in [9.17, 15) is 4.79 Å². The molecule has 0 aliphatic carbocycles. The van der Waals surface area contributed by atoms with Crippen LogP contribution in [0.1, 0.15) is 33.0 Å². The molecule has 0 atom stereocenters. The number of fused-ring (bicyclic) bond motifs is 1. The number of benzene rings is 2. The Morgan fingerprint density at radius 2 is 1.76 bits per heavy atom. The predicted octanol–water partition coefficient (Wildman–Crippen LogP) is 4.03. The Balaban J connectivity index is 1.33. The molecule has 5 rings (SSSR count). The van der Waals surface area contributed by atoms with Crippen LogP contribution in [0.15, 0.2) is 42.5 Å². The molecule has 0 saturated carbocycles. The van der Waals surface area contributed by atoms with Gasteiger partial charge >= 0.3 is 0 Å². The maximum Gasteiger partial charge on any atom is 0.254 e. The summed E-state index contributed by atoms with van der Waals surface area (Å²) in [5.74, 6) is 2.96. The van der Waals surface area contributed by atoms with Crippen LogP contribution in [0.4, 0.5) is 5.82 Å². The average Bonchev–Trinajstić information content (AvgIpc) is 3.29. The second kappa shape index (κ2) is 8.90. The van der Waals surface area contributed by atoms with Crippen molar-refractivity contribution in [2.75, 3.05) is 37.9 Å². The Morgan fingerprint density at radius 3 is 2.55 bits per heavy atom. The molecule has 0 unspecified atom stereocenters. The van der Waals surface area contributed by atoms with E-state index in [0.29, 0.717) is 49.7 Å². The monoisotopic (exact) mass is 464 g/mol. The van der Waals surface area contributed by atoms with Crippen LogP contribution in [0.3, 0.4) is 0 Å². The highest BCUT2D eigenvalue weighted by Gasteiger charge is 2.26. The van der Waals surface area contributed by atoms with Gasteiger partial charge in [0.2, 0.25) is 6.79 Å². The SMILES string of the molecule is Cc1nc(C)c(Cc2ccccc2Cl)c(N2CCN(C(=O)c3ccc4c(c3)OCO4)CC2)n1. The number of hydrogen-bond acceptors (Lipinski definition) is 6. The molecule has 33 heavy (non-hydrogen) atoms. The molecule has 2 aliphatic rings. The molecule has 1 fully saturated rings. The van der Waals surface area contributed by atoms with Crippen LogP contribution in [-0.4, -0.2) is 53.7 Å². The van der Waals surface area contributed by atoms with Crippen molar-refractivity contribution in [1.29, 1.82) is 0 Å². The third-order valence-electron chi connectivity index (χ3n) is 6.11. The zero-order chi connectivity index (χ0) is 22.9. The lowest BCUT2D eigenvalue weighted by molar-refractivity contribution is 0.0746. The van der Waals surface area contributed by atoms with E-state index in [2.05, 4.69) is 9.88 Å². The third kappa shape index (κ3) is 4.33. The summed E-state index contributed by atoms with van der Waals surface area (Å²) in [5, 5.41) is 0.738. The largest absolute Gasteiger partial charge is 0.454 e. The van der Waals surface area contributed by atoms with E-state index in [4.69, 9.17) is 26.1 Å². The molecule has 8 heteroatoms. The van der Waals surface area contributed by atoms with Gasteiger partial charge in [0.25, 0.3) is 5.91 Å². The molecule has 2 aromatic carbocycles. The summed E-state index contributed by atoms with van der Waals surface area (Å²) in [4.78, 5) is 26.6. The van der Waals surface area contributed by atoms with Crippen molar-refractivity contribution in [1.82, 2.24) is 14.9 Å². The highest BCUT2D eigenvalue weighted by molar-refractivity contribution is 6.31. The number of aromatic nitrogens is 2. The lowest BCUT2D eigenvalue weighted by Crippen LogP contribution is -2.49. The van der Waals surface area contributed by atoms with Crippen molar-refractivity contribution in [3.63, 3.8) is 0 Å². The molecule has 0 spiro atoms. The molecular formula is C25H25ClN4O3. The van der Waals surface area contributed by atoms with Crippen LogP contribution in [0.25, 0.3) is 0 Å². The fourth-order valence-electron chi connectivity index (χ4n) is 4.35. The van der Waals surface area contributed by atoms with Gasteiger partial charge in [-0.3, -0.25) is 4.79 Å². The van der Waals surface area contributed by atoms with Gasteiger partial charge in [-0.15, -0.1) is 0 Å². The number of aryl methyl sites for hydroxylation is 2. The first-order valence-corrected chi connectivity index (χ1v) is 11.4. The summed E-state index contributed by atoms with van der Waals surface area (Å²) in [6, 6.07) is 13.2. The summed E-state index contributed by atoms with van der Waals surface area (Å²) < 4.78 is 10.8. The fourth-order valence-corrected chi connectivity index (χ4v) is 4.55. The first-order chi connectivity index (χ1) is 16.0. The Hall–Kier alpha value is -3.32. The lowest BCUT2D eigenvalue weighted by atomic mass is 10.0. The van der Waals surface area contributed by atoms with E-state index >= 15 is 0 Å². The lowest BCUT2D eigenvalue weighted by Gasteiger charge is -2.36. The molecule has 2 aliphatic heterocycles. The Bertz CT molecular complexity index is 1210. The zero-order valence-electron chi connectivity index (χ0n) is 18.7. The summed E-state index contributed by atoms with van der Waals surface area (Å²) in [6.07, 6.45) is 0.664. The summed E-state index contributed by atoms with van der Waals surface area (Å²) in [5.41, 5.74) is 3.69. The smallest absolute Gasteiger partial charge is 0.254 e. The molecular weight excluding hydrogens is 440 g/mol. The molecule has 3 heterocycles. The van der Waals surface area contributed by atoms with Gasteiger partial charge in [0.15, 0.2) is 11.5 Å². The molecule has 1 saturated heterocycles. The van der Waals surface area contributed by atoms with E-state index in [1.54, 1.807) is 18.2 Å². The number of ether oxygens (including phenoxy) is 2. The summed E-state index contributed by atoms with van der Waals surface area (Å²) >= 11 is 6.43. The standard InChI is InChI=1S/C25H25ClN4O3/c1-16-20(13-18-5-3-4-6-21(18)26)24(28-17(2)27-16)29-9-11-30(12-10-29)25(31)19-7-8-22-23(14-19)33-15-32-22/h3-8,14H,9-13,15H2,1-2H3. The van der Waals surface area contributed by atoms with Crippen LogP contribution in [-0.2, 0) is 6.42 Å². The van der Waals surface area contributed by atoms with Gasteiger partial charge in [-0.25, -0.2) is 9.97 Å². The van der Waals surface area contributed by atoms with Gasteiger partial charge in [0.05, 0.1) is 0 Å². The van der Waals surface area contributed by atoms with Crippen molar-refractivity contribution in [3.05, 3.63) is 75.7 Å². The van der Waals surface area contributed by atoms with Crippen LogP contribution in [0.5, 0.6) is 11.5 Å². The quantitative estimate of drug-likeness (QED) is 0.580. The Kier molecular flexibility index (Phi) is 5.81. The number of piperazine rings is 1. The van der Waals surface area contributed by atoms with Crippen LogP contribution in [0.2, 0.25) is 5.02 Å². The first-order valence-electron chi connectivity index (χ1n) is 11.0. The first kappa shape index (κ1) is 21.5. The topological polar surface area (TPSA) is 67.8 Å². The highest BCUT2D eigenvalue weighted by atomic mass is 35.5. The molecule has 3 aromatic rings. The average molecular weight is 465 g/mol. The van der Waals surface area contributed by atoms with E-state index < -0.39 is 0 Å². The van der Waals surface area contributed by atoms with Crippen molar-refractivity contribution < 1.29 is 14.3 Å². The van der Waals surface area contributed by atoms with Crippen molar-refractivity contribution >= 4 is 23.3 Å². The molecule has 1 amide bonds. The highest BCUT2D eigenvalue weighted by Crippen LogP contribution is 2.33. The van der Waals surface area contributed by atoms with E-state index in [-0.39, 0.29) is 12.7 Å². The maximum atomic E-state index is 13.1. The molecule has 0 N–H and O–H groups in total. The third-order valence-corrected chi connectivity index (χ3v) is 6.48. The number of carbonyl (C=O) groups is 1. The van der Waals surface area contributed by atoms with Gasteiger partial charge in [-0.1, -0.05) is 29.8 Å². The summed E-state index contributed by atoms with van der Waals surface area (Å²) in [6.45, 7) is 6.74.